The molecule has 0 aliphatic heterocycles. The van der Waals surface area contributed by atoms with Crippen molar-refractivity contribution in [2.75, 3.05) is 5.32 Å². The van der Waals surface area contributed by atoms with E-state index in [2.05, 4.69) is 15.4 Å². The van der Waals surface area contributed by atoms with Gasteiger partial charge in [0.1, 0.15) is 23.1 Å². The highest BCUT2D eigenvalue weighted by atomic mass is 32.1. The Morgan fingerprint density at radius 1 is 1.17 bits per heavy atom. The van der Waals surface area contributed by atoms with Crippen molar-refractivity contribution in [2.45, 2.75) is 20.1 Å². The van der Waals surface area contributed by atoms with E-state index < -0.39 is 0 Å². The molecule has 1 amide bonds. The summed E-state index contributed by atoms with van der Waals surface area (Å²) < 4.78 is 7.57. The molecule has 4 rings (SSSR count). The smallest absolute Gasteiger partial charge is 0.275 e. The third kappa shape index (κ3) is 5.08. The Kier molecular flexibility index (Phi) is 5.67. The predicted octanol–water partition coefficient (Wildman–Crippen LogP) is 4.53. The first-order valence-corrected chi connectivity index (χ1v) is 10.1. The minimum Gasteiger partial charge on any atom is -0.486 e. The van der Waals surface area contributed by atoms with Crippen LogP contribution in [0.4, 0.5) is 5.69 Å². The van der Waals surface area contributed by atoms with E-state index in [9.17, 15) is 4.79 Å². The lowest BCUT2D eigenvalue weighted by Crippen LogP contribution is -2.13. The number of aryl methyl sites for hydroxylation is 1. The molecule has 0 fully saturated rings. The zero-order chi connectivity index (χ0) is 20.1. The number of nitrogens with one attached hydrogen (secondary N) is 1. The highest BCUT2D eigenvalue weighted by Crippen LogP contribution is 2.18. The van der Waals surface area contributed by atoms with Gasteiger partial charge in [-0.25, -0.2) is 4.98 Å². The Hall–Kier alpha value is -3.45. The number of rotatable bonds is 7. The van der Waals surface area contributed by atoms with Crippen LogP contribution >= 0.6 is 11.3 Å². The van der Waals surface area contributed by atoms with Gasteiger partial charge in [-0.15, -0.1) is 11.3 Å². The molecule has 2 heterocycles. The fourth-order valence-electron chi connectivity index (χ4n) is 2.78. The van der Waals surface area contributed by atoms with E-state index in [1.807, 2.05) is 72.4 Å². The summed E-state index contributed by atoms with van der Waals surface area (Å²) in [6.07, 6.45) is 3.65. The van der Waals surface area contributed by atoms with Crippen LogP contribution in [-0.4, -0.2) is 20.7 Å². The van der Waals surface area contributed by atoms with Crippen molar-refractivity contribution in [3.8, 4) is 5.75 Å². The van der Waals surface area contributed by atoms with E-state index >= 15 is 0 Å². The van der Waals surface area contributed by atoms with E-state index in [0.29, 0.717) is 18.8 Å². The highest BCUT2D eigenvalue weighted by Gasteiger charge is 2.12. The molecule has 1 N–H and O–H groups in total. The minimum absolute atomic E-state index is 0.237. The maximum absolute atomic E-state index is 12.5. The molecule has 0 bridgehead atoms. The van der Waals surface area contributed by atoms with Gasteiger partial charge in [0.05, 0.1) is 6.54 Å². The van der Waals surface area contributed by atoms with E-state index in [1.165, 1.54) is 16.9 Å². The number of benzene rings is 2. The van der Waals surface area contributed by atoms with Crippen LogP contribution in [0.2, 0.25) is 0 Å². The topological polar surface area (TPSA) is 69.0 Å². The normalized spacial score (nSPS) is 10.7. The van der Waals surface area contributed by atoms with Crippen LogP contribution in [0.1, 0.15) is 26.6 Å². The fraction of sp³-hybridized carbons (Fsp3) is 0.136. The third-order valence-electron chi connectivity index (χ3n) is 4.26. The predicted molar refractivity (Wildman–Crippen MR) is 113 cm³/mol. The van der Waals surface area contributed by atoms with E-state index in [1.54, 1.807) is 11.6 Å². The average Bonchev–Trinajstić information content (AvgIpc) is 3.40. The summed E-state index contributed by atoms with van der Waals surface area (Å²) in [5.41, 5.74) is 3.34. The van der Waals surface area contributed by atoms with Crippen molar-refractivity contribution >= 4 is 22.9 Å². The van der Waals surface area contributed by atoms with Crippen LogP contribution in [0.15, 0.2) is 72.4 Å². The van der Waals surface area contributed by atoms with Gasteiger partial charge in [-0.05, 0) is 42.8 Å². The van der Waals surface area contributed by atoms with Crippen molar-refractivity contribution in [2.24, 2.45) is 0 Å². The van der Waals surface area contributed by atoms with Crippen molar-refractivity contribution in [3.63, 3.8) is 0 Å². The summed E-state index contributed by atoms with van der Waals surface area (Å²) >= 11 is 1.41. The van der Waals surface area contributed by atoms with Crippen molar-refractivity contribution in [3.05, 3.63) is 94.2 Å². The Labute approximate surface area is 172 Å². The van der Waals surface area contributed by atoms with E-state index in [-0.39, 0.29) is 5.91 Å². The molecule has 29 heavy (non-hydrogen) atoms. The zero-order valence-corrected chi connectivity index (χ0v) is 16.7. The standard InChI is InChI=1S/C22H20N4O2S/c1-16-6-8-19(9-7-16)28-14-21-25-20(15-29-21)22(27)24-18-5-2-4-17(12-18)13-26-11-3-10-23-26/h2-12,15H,13-14H2,1H3,(H,24,27). The molecule has 0 aliphatic carbocycles. The van der Waals surface area contributed by atoms with Gasteiger partial charge < -0.3 is 10.1 Å². The lowest BCUT2D eigenvalue weighted by molar-refractivity contribution is 0.102. The molecule has 4 aromatic rings. The van der Waals surface area contributed by atoms with Crippen molar-refractivity contribution < 1.29 is 9.53 Å². The van der Waals surface area contributed by atoms with Gasteiger partial charge in [0.2, 0.25) is 0 Å². The van der Waals surface area contributed by atoms with Crippen LogP contribution in [0.5, 0.6) is 5.75 Å². The van der Waals surface area contributed by atoms with Gasteiger partial charge in [0, 0.05) is 23.5 Å². The quantitative estimate of drug-likeness (QED) is 0.491. The molecule has 0 aliphatic rings. The van der Waals surface area contributed by atoms with Crippen LogP contribution in [0, 0.1) is 6.92 Å². The maximum atomic E-state index is 12.5. The second-order valence-electron chi connectivity index (χ2n) is 6.59. The summed E-state index contributed by atoms with van der Waals surface area (Å²) in [6.45, 7) is 3.01. The van der Waals surface area contributed by atoms with Gasteiger partial charge in [-0.2, -0.15) is 5.10 Å². The molecule has 2 aromatic carbocycles. The molecular formula is C22H20N4O2S. The monoisotopic (exact) mass is 404 g/mol. The van der Waals surface area contributed by atoms with Crippen LogP contribution in [-0.2, 0) is 13.2 Å². The largest absolute Gasteiger partial charge is 0.486 e. The number of anilines is 1. The summed E-state index contributed by atoms with van der Waals surface area (Å²) in [7, 11) is 0. The average molecular weight is 404 g/mol. The maximum Gasteiger partial charge on any atom is 0.275 e. The number of thiazole rings is 1. The number of hydrogen-bond donors (Lipinski definition) is 1. The van der Waals surface area contributed by atoms with Crippen LogP contribution < -0.4 is 10.1 Å². The molecule has 7 heteroatoms. The number of nitrogens with zero attached hydrogens (tertiary/aromatic N) is 3. The Bertz CT molecular complexity index is 1090. The third-order valence-corrected chi connectivity index (χ3v) is 5.08. The Morgan fingerprint density at radius 3 is 2.83 bits per heavy atom. The second kappa shape index (κ2) is 8.70. The number of carbonyl (C=O) groups is 1. The highest BCUT2D eigenvalue weighted by molar-refractivity contribution is 7.09. The minimum atomic E-state index is -0.237. The van der Waals surface area contributed by atoms with Crippen molar-refractivity contribution in [1.29, 1.82) is 0 Å². The number of hydrogen-bond acceptors (Lipinski definition) is 5. The van der Waals surface area contributed by atoms with Gasteiger partial charge >= 0.3 is 0 Å². The number of carbonyl (C=O) groups excluding carboxylic acids is 1. The van der Waals surface area contributed by atoms with Gasteiger partial charge in [0.15, 0.2) is 0 Å². The molecular weight excluding hydrogens is 384 g/mol. The molecule has 146 valence electrons. The van der Waals surface area contributed by atoms with Crippen LogP contribution in [0.3, 0.4) is 0 Å². The van der Waals surface area contributed by atoms with Gasteiger partial charge in [-0.1, -0.05) is 29.8 Å². The Balaban J connectivity index is 1.36. The lowest BCUT2D eigenvalue weighted by Gasteiger charge is -2.07. The molecule has 0 atom stereocenters. The van der Waals surface area contributed by atoms with Crippen molar-refractivity contribution in [1.82, 2.24) is 14.8 Å². The molecule has 0 unspecified atom stereocenters. The van der Waals surface area contributed by atoms with E-state index in [0.717, 1.165) is 22.0 Å². The SMILES string of the molecule is Cc1ccc(OCc2nc(C(=O)Nc3cccc(Cn4cccn4)c3)cs2)cc1. The summed E-state index contributed by atoms with van der Waals surface area (Å²) in [5.74, 6) is 0.546. The number of ether oxygens (including phenoxy) is 1. The lowest BCUT2D eigenvalue weighted by atomic mass is 10.2. The first-order chi connectivity index (χ1) is 14.2. The van der Waals surface area contributed by atoms with Gasteiger partial charge in [0.25, 0.3) is 5.91 Å². The summed E-state index contributed by atoms with van der Waals surface area (Å²) in [5, 5.41) is 9.61. The van der Waals surface area contributed by atoms with E-state index in [4.69, 9.17) is 4.74 Å². The molecule has 0 saturated carbocycles. The molecule has 6 nitrogen and oxygen atoms in total. The summed E-state index contributed by atoms with van der Waals surface area (Å²) in [6, 6.07) is 17.4. The second-order valence-corrected chi connectivity index (χ2v) is 7.53. The Morgan fingerprint density at radius 2 is 2.03 bits per heavy atom. The number of aromatic nitrogens is 3. The molecule has 0 spiro atoms. The fourth-order valence-corrected chi connectivity index (χ4v) is 3.47. The first kappa shape index (κ1) is 18.9. The summed E-state index contributed by atoms with van der Waals surface area (Å²) in [4.78, 5) is 16.9. The van der Waals surface area contributed by atoms with Crippen LogP contribution in [0.25, 0.3) is 0 Å². The molecule has 2 aromatic heterocycles. The molecule has 0 radical (unpaired) electrons. The first-order valence-electron chi connectivity index (χ1n) is 9.17. The molecule has 0 saturated heterocycles. The van der Waals surface area contributed by atoms with Gasteiger partial charge in [-0.3, -0.25) is 9.48 Å². The zero-order valence-electron chi connectivity index (χ0n) is 15.9. The number of amides is 1.